The average molecular weight is 377 g/mol. The molecule has 1 aromatic carbocycles. The molecular weight excluding hydrogens is 346 g/mol. The van der Waals surface area contributed by atoms with Crippen LogP contribution in [0.1, 0.15) is 26.3 Å². The number of carbonyl (C=O) groups excluding carboxylic acids is 2. The number of likely N-dealkylation sites (N-methyl/N-ethyl adjacent to an activating group) is 1. The van der Waals surface area contributed by atoms with Gasteiger partial charge in [0.2, 0.25) is 0 Å². The van der Waals surface area contributed by atoms with Crippen LogP contribution in [0.5, 0.6) is 0 Å². The van der Waals surface area contributed by atoms with Gasteiger partial charge in [-0.2, -0.15) is 0 Å². The number of carbonyl (C=O) groups is 2. The zero-order valence-electron chi connectivity index (χ0n) is 16.8. The molecule has 0 atom stereocenters. The first-order valence-electron chi connectivity index (χ1n) is 9.37. The molecule has 1 aromatic rings. The summed E-state index contributed by atoms with van der Waals surface area (Å²) in [5, 5.41) is 0. The topological polar surface area (TPSA) is 62.3 Å². The number of amides is 2. The Balaban J connectivity index is 1.66. The summed E-state index contributed by atoms with van der Waals surface area (Å²) in [6.45, 7) is 9.99. The normalized spacial score (nSPS) is 15.3. The fourth-order valence-electron chi connectivity index (χ4n) is 2.69. The first kappa shape index (κ1) is 21.0. The SMILES string of the molecule is CN(CCN1CCN(C(=O)OCc2ccccc2)CC1)C(=O)OC(C)(C)C. The van der Waals surface area contributed by atoms with Crippen LogP contribution in [-0.2, 0) is 16.1 Å². The van der Waals surface area contributed by atoms with Crippen molar-refractivity contribution in [2.75, 3.05) is 46.3 Å². The Labute approximate surface area is 161 Å². The van der Waals surface area contributed by atoms with Gasteiger partial charge >= 0.3 is 12.2 Å². The molecule has 0 spiro atoms. The van der Waals surface area contributed by atoms with Gasteiger partial charge in [0.1, 0.15) is 12.2 Å². The second-order valence-corrected chi connectivity index (χ2v) is 7.77. The van der Waals surface area contributed by atoms with E-state index in [0.29, 0.717) is 26.2 Å². The van der Waals surface area contributed by atoms with Gasteiger partial charge in [0.25, 0.3) is 0 Å². The van der Waals surface area contributed by atoms with Crippen molar-refractivity contribution < 1.29 is 19.1 Å². The van der Waals surface area contributed by atoms with Crippen LogP contribution in [0.25, 0.3) is 0 Å². The van der Waals surface area contributed by atoms with Gasteiger partial charge < -0.3 is 19.3 Å². The van der Waals surface area contributed by atoms with E-state index in [0.717, 1.165) is 25.2 Å². The molecule has 1 aliphatic heterocycles. The van der Waals surface area contributed by atoms with Crippen molar-refractivity contribution in [3.8, 4) is 0 Å². The van der Waals surface area contributed by atoms with Crippen LogP contribution in [0.15, 0.2) is 30.3 Å². The van der Waals surface area contributed by atoms with Crippen LogP contribution in [0, 0.1) is 0 Å². The van der Waals surface area contributed by atoms with Crippen LogP contribution in [-0.4, -0.2) is 78.8 Å². The predicted molar refractivity (Wildman–Crippen MR) is 104 cm³/mol. The predicted octanol–water partition coefficient (Wildman–Crippen LogP) is 2.81. The van der Waals surface area contributed by atoms with E-state index in [1.54, 1.807) is 16.8 Å². The summed E-state index contributed by atoms with van der Waals surface area (Å²) >= 11 is 0. The smallest absolute Gasteiger partial charge is 0.410 e. The number of hydrogen-bond donors (Lipinski definition) is 0. The molecule has 27 heavy (non-hydrogen) atoms. The molecule has 0 radical (unpaired) electrons. The molecule has 0 aromatic heterocycles. The zero-order chi connectivity index (χ0) is 19.9. The fraction of sp³-hybridized carbons (Fsp3) is 0.600. The van der Waals surface area contributed by atoms with E-state index in [2.05, 4.69) is 4.90 Å². The molecule has 1 aliphatic rings. The summed E-state index contributed by atoms with van der Waals surface area (Å²) < 4.78 is 10.7. The maximum Gasteiger partial charge on any atom is 0.410 e. The lowest BCUT2D eigenvalue weighted by molar-refractivity contribution is 0.0269. The van der Waals surface area contributed by atoms with Gasteiger partial charge in [0.05, 0.1) is 0 Å². The summed E-state index contributed by atoms with van der Waals surface area (Å²) in [7, 11) is 1.74. The van der Waals surface area contributed by atoms with Crippen LogP contribution >= 0.6 is 0 Å². The third-order valence-corrected chi connectivity index (χ3v) is 4.29. The quantitative estimate of drug-likeness (QED) is 0.790. The highest BCUT2D eigenvalue weighted by Crippen LogP contribution is 2.10. The Morgan fingerprint density at radius 3 is 2.30 bits per heavy atom. The van der Waals surface area contributed by atoms with Crippen molar-refractivity contribution in [3.63, 3.8) is 0 Å². The van der Waals surface area contributed by atoms with Gasteiger partial charge in [-0.15, -0.1) is 0 Å². The summed E-state index contributed by atoms with van der Waals surface area (Å²) in [6.07, 6.45) is -0.588. The third-order valence-electron chi connectivity index (χ3n) is 4.29. The first-order valence-corrected chi connectivity index (χ1v) is 9.37. The van der Waals surface area contributed by atoms with Crippen LogP contribution < -0.4 is 0 Å². The van der Waals surface area contributed by atoms with Crippen LogP contribution in [0.2, 0.25) is 0 Å². The lowest BCUT2D eigenvalue weighted by atomic mass is 10.2. The zero-order valence-corrected chi connectivity index (χ0v) is 16.8. The molecule has 0 bridgehead atoms. The summed E-state index contributed by atoms with van der Waals surface area (Å²) in [4.78, 5) is 29.7. The van der Waals surface area contributed by atoms with E-state index in [4.69, 9.17) is 9.47 Å². The van der Waals surface area contributed by atoms with Crippen molar-refractivity contribution in [1.29, 1.82) is 0 Å². The molecule has 7 heteroatoms. The van der Waals surface area contributed by atoms with Gasteiger partial charge in [0, 0.05) is 46.3 Å². The summed E-state index contributed by atoms with van der Waals surface area (Å²) in [6, 6.07) is 9.66. The van der Waals surface area contributed by atoms with Gasteiger partial charge in [-0.25, -0.2) is 9.59 Å². The Morgan fingerprint density at radius 2 is 1.70 bits per heavy atom. The minimum atomic E-state index is -0.489. The van der Waals surface area contributed by atoms with Gasteiger partial charge in [-0.3, -0.25) is 4.90 Å². The van der Waals surface area contributed by atoms with Gasteiger partial charge in [0.15, 0.2) is 0 Å². The van der Waals surface area contributed by atoms with Gasteiger partial charge in [-0.05, 0) is 26.3 Å². The van der Waals surface area contributed by atoms with Crippen LogP contribution in [0.3, 0.4) is 0 Å². The maximum absolute atomic E-state index is 12.2. The Kier molecular flexibility index (Phi) is 7.47. The number of ether oxygens (including phenoxy) is 2. The Bertz CT molecular complexity index is 607. The van der Waals surface area contributed by atoms with E-state index in [1.165, 1.54) is 0 Å². The number of rotatable bonds is 5. The second kappa shape index (κ2) is 9.60. The number of piperazine rings is 1. The summed E-state index contributed by atoms with van der Waals surface area (Å²) in [5.74, 6) is 0. The first-order chi connectivity index (χ1) is 12.7. The van der Waals surface area contributed by atoms with E-state index in [1.807, 2.05) is 51.1 Å². The van der Waals surface area contributed by atoms with Crippen molar-refractivity contribution in [1.82, 2.24) is 14.7 Å². The molecule has 0 saturated carbocycles. The van der Waals surface area contributed by atoms with Crippen molar-refractivity contribution >= 4 is 12.2 Å². The molecule has 0 N–H and O–H groups in total. The molecule has 1 fully saturated rings. The molecule has 1 heterocycles. The largest absolute Gasteiger partial charge is 0.445 e. The molecule has 0 aliphatic carbocycles. The minimum absolute atomic E-state index is 0.274. The minimum Gasteiger partial charge on any atom is -0.445 e. The van der Waals surface area contributed by atoms with E-state index >= 15 is 0 Å². The van der Waals surface area contributed by atoms with Crippen molar-refractivity contribution in [2.24, 2.45) is 0 Å². The van der Waals surface area contributed by atoms with E-state index in [-0.39, 0.29) is 12.2 Å². The molecular formula is C20H31N3O4. The van der Waals surface area contributed by atoms with Crippen LogP contribution in [0.4, 0.5) is 9.59 Å². The number of benzene rings is 1. The fourth-order valence-corrected chi connectivity index (χ4v) is 2.69. The van der Waals surface area contributed by atoms with Crippen molar-refractivity contribution in [2.45, 2.75) is 33.0 Å². The molecule has 2 amide bonds. The van der Waals surface area contributed by atoms with E-state index < -0.39 is 5.60 Å². The highest BCUT2D eigenvalue weighted by molar-refractivity contribution is 5.68. The Morgan fingerprint density at radius 1 is 1.07 bits per heavy atom. The lowest BCUT2D eigenvalue weighted by Crippen LogP contribution is -2.50. The highest BCUT2D eigenvalue weighted by Gasteiger charge is 2.24. The monoisotopic (exact) mass is 377 g/mol. The lowest BCUT2D eigenvalue weighted by Gasteiger charge is -2.35. The van der Waals surface area contributed by atoms with Crippen molar-refractivity contribution in [3.05, 3.63) is 35.9 Å². The van der Waals surface area contributed by atoms with Gasteiger partial charge in [-0.1, -0.05) is 30.3 Å². The maximum atomic E-state index is 12.2. The Hall–Kier alpha value is -2.28. The number of nitrogens with zero attached hydrogens (tertiary/aromatic N) is 3. The molecule has 1 saturated heterocycles. The van der Waals surface area contributed by atoms with E-state index in [9.17, 15) is 9.59 Å². The molecule has 0 unspecified atom stereocenters. The average Bonchev–Trinajstić information content (AvgIpc) is 2.64. The second-order valence-electron chi connectivity index (χ2n) is 7.77. The highest BCUT2D eigenvalue weighted by atomic mass is 16.6. The molecule has 2 rings (SSSR count). The number of hydrogen-bond acceptors (Lipinski definition) is 5. The standard InChI is InChI=1S/C20H31N3O4/c1-20(2,3)27-18(24)21(4)10-11-22-12-14-23(15-13-22)19(25)26-16-17-8-6-5-7-9-17/h5-9H,10-16H2,1-4H3. The molecule has 150 valence electrons. The third kappa shape index (κ3) is 7.46. The molecule has 7 nitrogen and oxygen atoms in total. The summed E-state index contributed by atoms with van der Waals surface area (Å²) in [5.41, 5.74) is 0.492.